The van der Waals surface area contributed by atoms with Crippen LogP contribution in [-0.4, -0.2) is 42.7 Å². The second-order valence-electron chi connectivity index (χ2n) is 5.95. The van der Waals surface area contributed by atoms with Gasteiger partial charge in [0.05, 0.1) is 43.0 Å². The Morgan fingerprint density at radius 1 is 1.10 bits per heavy atom. The molecule has 8 nitrogen and oxygen atoms in total. The summed E-state index contributed by atoms with van der Waals surface area (Å²) in [6.07, 6.45) is 0. The molecule has 31 heavy (non-hydrogen) atoms. The third kappa shape index (κ3) is 6.16. The Morgan fingerprint density at radius 2 is 1.87 bits per heavy atom. The van der Waals surface area contributed by atoms with E-state index in [4.69, 9.17) is 25.8 Å². The smallest absolute Gasteiger partial charge is 0.234 e. The van der Waals surface area contributed by atoms with Crippen molar-refractivity contribution in [1.29, 1.82) is 0 Å². The van der Waals surface area contributed by atoms with Crippen LogP contribution < -0.4 is 24.8 Å². The van der Waals surface area contributed by atoms with E-state index in [1.165, 1.54) is 37.3 Å². The highest BCUT2D eigenvalue weighted by molar-refractivity contribution is 8.01. The van der Waals surface area contributed by atoms with Crippen molar-refractivity contribution in [2.24, 2.45) is 0 Å². The molecule has 0 radical (unpaired) electrons. The topological polar surface area (TPSA) is 94.6 Å². The van der Waals surface area contributed by atoms with Crippen molar-refractivity contribution in [1.82, 2.24) is 10.2 Å². The molecule has 0 saturated carbocycles. The number of carbonyl (C=O) groups excluding carboxylic acids is 1. The number of hydrogen-bond acceptors (Lipinski definition) is 9. The fourth-order valence-electron chi connectivity index (χ4n) is 2.56. The number of amides is 1. The van der Waals surface area contributed by atoms with Gasteiger partial charge in [0.15, 0.2) is 4.34 Å². The SMILES string of the molecule is CCOc1ccccc1Nc1nnc(SCC(=O)Nc2cc(Cl)c(OC)cc2OC)s1. The molecule has 2 aromatic carbocycles. The molecule has 2 N–H and O–H groups in total. The van der Waals surface area contributed by atoms with Crippen molar-refractivity contribution < 1.29 is 19.0 Å². The second kappa shape index (κ2) is 11.1. The van der Waals surface area contributed by atoms with Crippen LogP contribution in [-0.2, 0) is 4.79 Å². The quantitative estimate of drug-likeness (QED) is 0.388. The molecule has 0 aliphatic heterocycles. The lowest BCUT2D eigenvalue weighted by atomic mass is 10.2. The van der Waals surface area contributed by atoms with E-state index in [1.54, 1.807) is 12.1 Å². The molecular formula is C20H21ClN4O4S2. The number of hydrogen-bond donors (Lipinski definition) is 2. The van der Waals surface area contributed by atoms with Gasteiger partial charge in [0.2, 0.25) is 11.0 Å². The molecule has 0 aliphatic rings. The first-order valence-corrected chi connectivity index (χ1v) is 11.4. The number of para-hydroxylation sites is 2. The van der Waals surface area contributed by atoms with Crippen LogP contribution in [0.1, 0.15) is 6.92 Å². The van der Waals surface area contributed by atoms with Crippen molar-refractivity contribution in [3.8, 4) is 17.2 Å². The lowest BCUT2D eigenvalue weighted by molar-refractivity contribution is -0.113. The monoisotopic (exact) mass is 480 g/mol. The van der Waals surface area contributed by atoms with Gasteiger partial charge in [-0.15, -0.1) is 10.2 Å². The maximum Gasteiger partial charge on any atom is 0.234 e. The maximum atomic E-state index is 12.4. The normalized spacial score (nSPS) is 10.5. The average molecular weight is 481 g/mol. The Hall–Kier alpha value is -2.69. The summed E-state index contributed by atoms with van der Waals surface area (Å²) in [6.45, 7) is 2.49. The summed E-state index contributed by atoms with van der Waals surface area (Å²) in [7, 11) is 3.02. The molecule has 164 valence electrons. The zero-order valence-corrected chi connectivity index (χ0v) is 19.5. The van der Waals surface area contributed by atoms with Crippen LogP contribution in [0.4, 0.5) is 16.5 Å². The second-order valence-corrected chi connectivity index (χ2v) is 8.56. The van der Waals surface area contributed by atoms with E-state index in [0.717, 1.165) is 11.4 Å². The molecule has 11 heteroatoms. The van der Waals surface area contributed by atoms with Gasteiger partial charge >= 0.3 is 0 Å². The fraction of sp³-hybridized carbons (Fsp3) is 0.250. The highest BCUT2D eigenvalue weighted by Crippen LogP contribution is 2.36. The van der Waals surface area contributed by atoms with Gasteiger partial charge in [0.1, 0.15) is 17.2 Å². The van der Waals surface area contributed by atoms with Crippen LogP contribution in [0.2, 0.25) is 5.02 Å². The molecule has 1 heterocycles. The van der Waals surface area contributed by atoms with Crippen molar-refractivity contribution in [3.05, 3.63) is 41.4 Å². The van der Waals surface area contributed by atoms with E-state index >= 15 is 0 Å². The van der Waals surface area contributed by atoms with Gasteiger partial charge in [-0.25, -0.2) is 0 Å². The van der Waals surface area contributed by atoms with Crippen LogP contribution in [0.25, 0.3) is 0 Å². The molecule has 0 atom stereocenters. The third-order valence-electron chi connectivity index (χ3n) is 3.91. The maximum absolute atomic E-state index is 12.4. The largest absolute Gasteiger partial charge is 0.495 e. The molecule has 0 bridgehead atoms. The number of nitrogens with one attached hydrogen (secondary N) is 2. The van der Waals surface area contributed by atoms with Crippen LogP contribution in [0.5, 0.6) is 17.2 Å². The molecule has 0 spiro atoms. The van der Waals surface area contributed by atoms with E-state index in [0.29, 0.717) is 38.3 Å². The van der Waals surface area contributed by atoms with Gasteiger partial charge in [-0.05, 0) is 25.1 Å². The van der Waals surface area contributed by atoms with E-state index in [2.05, 4.69) is 20.8 Å². The number of nitrogens with zero attached hydrogens (tertiary/aromatic N) is 2. The highest BCUT2D eigenvalue weighted by Gasteiger charge is 2.14. The van der Waals surface area contributed by atoms with Gasteiger partial charge in [-0.2, -0.15) is 0 Å². The predicted octanol–water partition coefficient (Wildman–Crippen LogP) is 5.08. The van der Waals surface area contributed by atoms with Gasteiger partial charge < -0.3 is 24.8 Å². The van der Waals surface area contributed by atoms with Crippen molar-refractivity contribution in [3.63, 3.8) is 0 Å². The number of ether oxygens (including phenoxy) is 3. The molecule has 0 aliphatic carbocycles. The minimum absolute atomic E-state index is 0.150. The minimum atomic E-state index is -0.226. The summed E-state index contributed by atoms with van der Waals surface area (Å²) < 4.78 is 16.7. The van der Waals surface area contributed by atoms with Gasteiger partial charge in [-0.3, -0.25) is 4.79 Å². The van der Waals surface area contributed by atoms with Crippen LogP contribution in [0, 0.1) is 0 Å². The summed E-state index contributed by atoms with van der Waals surface area (Å²) in [5, 5.41) is 15.2. The highest BCUT2D eigenvalue weighted by atomic mass is 35.5. The van der Waals surface area contributed by atoms with Gasteiger partial charge in [-0.1, -0.05) is 46.8 Å². The molecule has 1 aromatic heterocycles. The average Bonchev–Trinajstić information content (AvgIpc) is 3.21. The van der Waals surface area contributed by atoms with E-state index in [-0.39, 0.29) is 11.7 Å². The number of methoxy groups -OCH3 is 2. The minimum Gasteiger partial charge on any atom is -0.495 e. The Labute approximate surface area is 193 Å². The molecule has 3 rings (SSSR count). The van der Waals surface area contributed by atoms with Crippen molar-refractivity contribution in [2.45, 2.75) is 11.3 Å². The molecule has 0 saturated heterocycles. The number of rotatable bonds is 10. The lowest BCUT2D eigenvalue weighted by Crippen LogP contribution is -2.14. The van der Waals surface area contributed by atoms with Gasteiger partial charge in [0.25, 0.3) is 0 Å². The summed E-state index contributed by atoms with van der Waals surface area (Å²) in [5.41, 5.74) is 1.27. The number of thioether (sulfide) groups is 1. The number of anilines is 3. The number of halogens is 1. The first-order valence-electron chi connectivity index (χ1n) is 9.20. The zero-order valence-electron chi connectivity index (χ0n) is 17.1. The third-order valence-corrected chi connectivity index (χ3v) is 6.18. The van der Waals surface area contributed by atoms with Gasteiger partial charge in [0, 0.05) is 6.07 Å². The summed E-state index contributed by atoms with van der Waals surface area (Å²) in [4.78, 5) is 12.4. The Balaban J connectivity index is 1.59. The Morgan fingerprint density at radius 3 is 2.61 bits per heavy atom. The number of benzene rings is 2. The molecular weight excluding hydrogens is 460 g/mol. The van der Waals surface area contributed by atoms with Crippen LogP contribution >= 0.6 is 34.7 Å². The fourth-order valence-corrected chi connectivity index (χ4v) is 4.36. The zero-order chi connectivity index (χ0) is 22.2. The van der Waals surface area contributed by atoms with E-state index in [1.807, 2.05) is 31.2 Å². The van der Waals surface area contributed by atoms with Crippen molar-refractivity contribution >= 4 is 57.1 Å². The summed E-state index contributed by atoms with van der Waals surface area (Å²) in [5.74, 6) is 1.58. The standard InChI is InChI=1S/C20H21ClN4O4S2/c1-4-29-15-8-6-5-7-13(15)23-19-24-25-20(31-19)30-11-18(26)22-14-9-12(21)16(27-2)10-17(14)28-3/h5-10H,4,11H2,1-3H3,(H,22,26)(H,23,24). The lowest BCUT2D eigenvalue weighted by Gasteiger charge is -2.12. The van der Waals surface area contributed by atoms with E-state index < -0.39 is 0 Å². The summed E-state index contributed by atoms with van der Waals surface area (Å²) >= 11 is 8.78. The Bertz CT molecular complexity index is 1050. The molecule has 3 aromatic rings. The van der Waals surface area contributed by atoms with E-state index in [9.17, 15) is 4.79 Å². The first-order chi connectivity index (χ1) is 15.0. The first kappa shape index (κ1) is 23.0. The molecule has 1 amide bonds. The number of carbonyl (C=O) groups is 1. The molecule has 0 unspecified atom stereocenters. The Kier molecular flexibility index (Phi) is 8.21. The van der Waals surface area contributed by atoms with Crippen LogP contribution in [0.15, 0.2) is 40.7 Å². The van der Waals surface area contributed by atoms with Crippen LogP contribution in [0.3, 0.4) is 0 Å². The predicted molar refractivity (Wildman–Crippen MR) is 125 cm³/mol. The summed E-state index contributed by atoms with van der Waals surface area (Å²) in [6, 6.07) is 10.8. The molecule has 0 fully saturated rings. The number of aromatic nitrogens is 2. The van der Waals surface area contributed by atoms with Crippen molar-refractivity contribution in [2.75, 3.05) is 37.2 Å².